The van der Waals surface area contributed by atoms with Crippen molar-refractivity contribution in [1.29, 1.82) is 0 Å². The molecule has 1 atom stereocenters. The Bertz CT molecular complexity index is 1590. The smallest absolute Gasteiger partial charge is 0.385 e. The van der Waals surface area contributed by atoms with E-state index in [0.717, 1.165) is 4.90 Å². The molecule has 3 aromatic rings. The van der Waals surface area contributed by atoms with Gasteiger partial charge in [-0.2, -0.15) is 18.3 Å². The summed E-state index contributed by atoms with van der Waals surface area (Å²) in [6.07, 6.45) is -1.86. The van der Waals surface area contributed by atoms with Crippen molar-refractivity contribution in [2.45, 2.75) is 50.9 Å². The van der Waals surface area contributed by atoms with Crippen molar-refractivity contribution in [3.63, 3.8) is 0 Å². The van der Waals surface area contributed by atoms with Crippen LogP contribution in [0.2, 0.25) is 0 Å². The number of imide groups is 2. The summed E-state index contributed by atoms with van der Waals surface area (Å²) in [5.74, 6) is -2.12. The molecule has 2 aromatic heterocycles. The summed E-state index contributed by atoms with van der Waals surface area (Å²) in [6.45, 7) is 2.22. The molecular weight excluding hydrogens is 541 g/mol. The molecule has 1 aliphatic carbocycles. The van der Waals surface area contributed by atoms with E-state index in [9.17, 15) is 32.3 Å². The van der Waals surface area contributed by atoms with E-state index in [1.54, 1.807) is 31.2 Å². The number of benzene rings is 1. The molecule has 4 heterocycles. The molecule has 0 spiro atoms. The van der Waals surface area contributed by atoms with Crippen LogP contribution in [0.15, 0.2) is 42.6 Å². The molecule has 1 saturated heterocycles. The van der Waals surface area contributed by atoms with Crippen molar-refractivity contribution in [3.8, 4) is 11.3 Å². The summed E-state index contributed by atoms with van der Waals surface area (Å²) in [4.78, 5) is 54.8. The van der Waals surface area contributed by atoms with Gasteiger partial charge in [-0.1, -0.05) is 6.07 Å². The molecule has 1 saturated carbocycles. The highest BCUT2D eigenvalue weighted by atomic mass is 19.4. The standard InChI is InChI=1S/C28H25F3N6O4/c1-14-3-2-4-21(33-14)20-13-36(35-24(20)28(29,30)31)17-9-15(10-17)12-32-16-5-6-18-19(11-16)27(41)37(26(18)40)22-7-8-23(38)34-25(22)39/h2-6,11,13,15,17,22,32H,7-10,12H2,1H3,(H,34,38,39). The second-order valence-corrected chi connectivity index (χ2v) is 10.6. The maximum absolute atomic E-state index is 13.7. The van der Waals surface area contributed by atoms with Gasteiger partial charge in [0.25, 0.3) is 11.8 Å². The lowest BCUT2D eigenvalue weighted by molar-refractivity contribution is -0.141. The topological polar surface area (TPSA) is 126 Å². The second-order valence-electron chi connectivity index (χ2n) is 10.6. The number of carbonyl (C=O) groups excluding carboxylic acids is 4. The molecule has 1 unspecified atom stereocenters. The molecule has 1 aromatic carbocycles. The molecule has 41 heavy (non-hydrogen) atoms. The molecule has 3 aliphatic rings. The monoisotopic (exact) mass is 566 g/mol. The van der Waals surface area contributed by atoms with Gasteiger partial charge in [-0.05, 0) is 62.4 Å². The number of alkyl halides is 3. The molecule has 4 amide bonds. The van der Waals surface area contributed by atoms with Crippen molar-refractivity contribution < 1.29 is 32.3 Å². The molecule has 2 fully saturated rings. The summed E-state index contributed by atoms with van der Waals surface area (Å²) in [6, 6.07) is 8.43. The van der Waals surface area contributed by atoms with E-state index in [-0.39, 0.29) is 47.2 Å². The quantitative estimate of drug-likeness (QED) is 0.436. The van der Waals surface area contributed by atoms with E-state index >= 15 is 0 Å². The van der Waals surface area contributed by atoms with E-state index in [0.29, 0.717) is 30.8 Å². The van der Waals surface area contributed by atoms with Crippen molar-refractivity contribution in [1.82, 2.24) is 25.0 Å². The van der Waals surface area contributed by atoms with Gasteiger partial charge in [0.2, 0.25) is 11.8 Å². The number of hydrogen-bond donors (Lipinski definition) is 2. The van der Waals surface area contributed by atoms with E-state index in [2.05, 4.69) is 20.7 Å². The summed E-state index contributed by atoms with van der Waals surface area (Å²) in [5.41, 5.74) is 0.787. The van der Waals surface area contributed by atoms with Crippen LogP contribution in [-0.4, -0.2) is 55.9 Å². The Balaban J connectivity index is 1.10. The Morgan fingerprint density at radius 1 is 1.02 bits per heavy atom. The van der Waals surface area contributed by atoms with Gasteiger partial charge in [0.05, 0.1) is 28.4 Å². The number of rotatable bonds is 6. The summed E-state index contributed by atoms with van der Waals surface area (Å²) < 4.78 is 42.6. The minimum Gasteiger partial charge on any atom is -0.385 e. The number of piperidine rings is 1. The first-order valence-electron chi connectivity index (χ1n) is 13.2. The molecule has 212 valence electrons. The lowest BCUT2D eigenvalue weighted by Gasteiger charge is -2.35. The number of nitrogens with one attached hydrogen (secondary N) is 2. The normalized spacial score (nSPS) is 22.4. The van der Waals surface area contributed by atoms with Crippen molar-refractivity contribution in [3.05, 3.63) is 65.1 Å². The minimum atomic E-state index is -4.61. The van der Waals surface area contributed by atoms with Crippen LogP contribution in [0.25, 0.3) is 11.3 Å². The lowest BCUT2D eigenvalue weighted by atomic mass is 9.80. The number of anilines is 1. The Morgan fingerprint density at radius 2 is 1.78 bits per heavy atom. The number of amides is 4. The lowest BCUT2D eigenvalue weighted by Crippen LogP contribution is -2.54. The van der Waals surface area contributed by atoms with Gasteiger partial charge in [0.1, 0.15) is 6.04 Å². The average Bonchev–Trinajstić information content (AvgIpc) is 3.44. The highest BCUT2D eigenvalue weighted by molar-refractivity contribution is 6.23. The third-order valence-corrected chi connectivity index (χ3v) is 7.78. The maximum atomic E-state index is 13.7. The number of fused-ring (bicyclic) bond motifs is 1. The summed E-state index contributed by atoms with van der Waals surface area (Å²) in [7, 11) is 0. The number of halogens is 3. The summed E-state index contributed by atoms with van der Waals surface area (Å²) in [5, 5.41) is 9.29. The molecule has 0 bridgehead atoms. The number of carbonyl (C=O) groups is 4. The van der Waals surface area contributed by atoms with Crippen molar-refractivity contribution >= 4 is 29.3 Å². The van der Waals surface area contributed by atoms with Gasteiger partial charge in [-0.15, -0.1) is 0 Å². The Hall–Kier alpha value is -4.55. The molecule has 0 radical (unpaired) electrons. The predicted octanol–water partition coefficient (Wildman–Crippen LogP) is 3.74. The van der Waals surface area contributed by atoms with Crippen LogP contribution >= 0.6 is 0 Å². The van der Waals surface area contributed by atoms with Crippen LogP contribution in [0.3, 0.4) is 0 Å². The SMILES string of the molecule is Cc1cccc(-c2cn(C3CC(CNc4ccc5c(c4)C(=O)N(C4CCC(=O)NC4=O)C5=O)C3)nc2C(F)(F)F)n1. The van der Waals surface area contributed by atoms with E-state index in [4.69, 9.17) is 0 Å². The first-order valence-corrected chi connectivity index (χ1v) is 13.2. The van der Waals surface area contributed by atoms with Crippen LogP contribution in [0.4, 0.5) is 18.9 Å². The molecule has 2 aliphatic heterocycles. The van der Waals surface area contributed by atoms with Gasteiger partial charge in [-0.3, -0.25) is 39.1 Å². The highest BCUT2D eigenvalue weighted by Gasteiger charge is 2.45. The van der Waals surface area contributed by atoms with Crippen LogP contribution in [0, 0.1) is 12.8 Å². The first-order chi connectivity index (χ1) is 19.5. The molecule has 13 heteroatoms. The van der Waals surface area contributed by atoms with Gasteiger partial charge in [-0.25, -0.2) is 0 Å². The van der Waals surface area contributed by atoms with Crippen molar-refractivity contribution in [2.24, 2.45) is 5.92 Å². The van der Waals surface area contributed by atoms with Crippen LogP contribution < -0.4 is 10.6 Å². The average molecular weight is 567 g/mol. The van der Waals surface area contributed by atoms with E-state index in [1.807, 2.05) is 0 Å². The predicted molar refractivity (Wildman–Crippen MR) is 139 cm³/mol. The minimum absolute atomic E-state index is 0.0408. The van der Waals surface area contributed by atoms with Crippen molar-refractivity contribution in [2.75, 3.05) is 11.9 Å². The molecular formula is C28H25F3N6O4. The number of pyridine rings is 1. The largest absolute Gasteiger partial charge is 0.435 e. The summed E-state index contributed by atoms with van der Waals surface area (Å²) >= 11 is 0. The first kappa shape index (κ1) is 26.7. The maximum Gasteiger partial charge on any atom is 0.435 e. The fourth-order valence-electron chi connectivity index (χ4n) is 5.59. The van der Waals surface area contributed by atoms with Gasteiger partial charge >= 0.3 is 6.18 Å². The zero-order valence-electron chi connectivity index (χ0n) is 21.9. The fourth-order valence-corrected chi connectivity index (χ4v) is 5.59. The van der Waals surface area contributed by atoms with Crippen LogP contribution in [-0.2, 0) is 15.8 Å². The Morgan fingerprint density at radius 3 is 2.49 bits per heavy atom. The highest BCUT2D eigenvalue weighted by Crippen LogP contribution is 2.42. The number of hydrogen-bond acceptors (Lipinski definition) is 7. The number of aromatic nitrogens is 3. The molecule has 2 N–H and O–H groups in total. The Kier molecular flexibility index (Phi) is 6.39. The number of aryl methyl sites for hydroxylation is 1. The van der Waals surface area contributed by atoms with E-state index < -0.39 is 41.5 Å². The van der Waals surface area contributed by atoms with Gasteiger partial charge in [0.15, 0.2) is 5.69 Å². The third-order valence-electron chi connectivity index (χ3n) is 7.78. The fraction of sp³-hybridized carbons (Fsp3) is 0.357. The van der Waals surface area contributed by atoms with Crippen LogP contribution in [0.5, 0.6) is 0 Å². The van der Waals surface area contributed by atoms with Gasteiger partial charge in [0, 0.05) is 30.5 Å². The third kappa shape index (κ3) is 4.85. The molecule has 6 rings (SSSR count). The number of nitrogens with zero attached hydrogens (tertiary/aromatic N) is 4. The zero-order valence-corrected chi connectivity index (χ0v) is 21.9. The van der Waals surface area contributed by atoms with Gasteiger partial charge < -0.3 is 5.32 Å². The Labute approximate surface area is 231 Å². The molecule has 10 nitrogen and oxygen atoms in total. The second kappa shape index (κ2) is 9.82. The van der Waals surface area contributed by atoms with E-state index in [1.165, 1.54) is 23.0 Å². The van der Waals surface area contributed by atoms with Crippen LogP contribution in [0.1, 0.15) is 63.8 Å². The zero-order chi connectivity index (χ0) is 29.1.